The molecular weight excluding hydrogens is 134 g/mol. The molecule has 0 aromatic rings. The van der Waals surface area contributed by atoms with Crippen LogP contribution in [0, 0.1) is 0 Å². The van der Waals surface area contributed by atoms with Crippen molar-refractivity contribution in [2.75, 3.05) is 6.61 Å². The van der Waals surface area contributed by atoms with E-state index >= 15 is 0 Å². The van der Waals surface area contributed by atoms with Crippen molar-refractivity contribution in [2.45, 2.75) is 25.3 Å². The lowest BCUT2D eigenvalue weighted by molar-refractivity contribution is -0.143. The van der Waals surface area contributed by atoms with Crippen molar-refractivity contribution < 1.29 is 15.0 Å². The first-order valence-corrected chi connectivity index (χ1v) is 3.14. The van der Waals surface area contributed by atoms with Crippen LogP contribution in [0.2, 0.25) is 0 Å². The molecule has 60 valence electrons. The Morgan fingerprint density at radius 2 is 2.20 bits per heavy atom. The SMILES string of the molecule is C[C@](N)(CCCO)C(=O)O. The van der Waals surface area contributed by atoms with E-state index < -0.39 is 11.5 Å². The fourth-order valence-corrected chi connectivity index (χ4v) is 0.553. The summed E-state index contributed by atoms with van der Waals surface area (Å²) >= 11 is 0. The summed E-state index contributed by atoms with van der Waals surface area (Å²) in [6, 6.07) is 0. The fourth-order valence-electron chi connectivity index (χ4n) is 0.553. The van der Waals surface area contributed by atoms with Gasteiger partial charge in [-0.05, 0) is 19.8 Å². The lowest BCUT2D eigenvalue weighted by atomic mass is 9.98. The molecule has 0 aromatic carbocycles. The zero-order valence-electron chi connectivity index (χ0n) is 6.00. The van der Waals surface area contributed by atoms with Crippen molar-refractivity contribution in [3.05, 3.63) is 0 Å². The van der Waals surface area contributed by atoms with Gasteiger partial charge < -0.3 is 15.9 Å². The van der Waals surface area contributed by atoms with Gasteiger partial charge in [0.25, 0.3) is 0 Å². The van der Waals surface area contributed by atoms with Crippen LogP contribution in [-0.2, 0) is 4.79 Å². The van der Waals surface area contributed by atoms with Crippen LogP contribution >= 0.6 is 0 Å². The summed E-state index contributed by atoms with van der Waals surface area (Å²) in [6.07, 6.45) is 0.734. The second kappa shape index (κ2) is 3.53. The van der Waals surface area contributed by atoms with Crippen LogP contribution in [0.25, 0.3) is 0 Å². The highest BCUT2D eigenvalue weighted by atomic mass is 16.4. The molecule has 0 saturated heterocycles. The van der Waals surface area contributed by atoms with Gasteiger partial charge in [-0.25, -0.2) is 0 Å². The molecule has 1 atom stereocenters. The molecule has 0 saturated carbocycles. The maximum Gasteiger partial charge on any atom is 0.323 e. The molecule has 4 N–H and O–H groups in total. The smallest absolute Gasteiger partial charge is 0.323 e. The zero-order chi connectivity index (χ0) is 8.20. The highest BCUT2D eigenvalue weighted by Crippen LogP contribution is 2.07. The minimum absolute atomic E-state index is 0.0138. The fraction of sp³-hybridized carbons (Fsp3) is 0.833. The van der Waals surface area contributed by atoms with Gasteiger partial charge in [-0.15, -0.1) is 0 Å². The first-order valence-electron chi connectivity index (χ1n) is 3.14. The first kappa shape index (κ1) is 9.39. The van der Waals surface area contributed by atoms with Crippen LogP contribution in [0.5, 0.6) is 0 Å². The normalized spacial score (nSPS) is 16.3. The number of hydrogen-bond donors (Lipinski definition) is 3. The Morgan fingerprint density at radius 1 is 1.70 bits per heavy atom. The molecule has 0 aromatic heterocycles. The quantitative estimate of drug-likeness (QED) is 0.503. The highest BCUT2D eigenvalue weighted by Gasteiger charge is 2.26. The van der Waals surface area contributed by atoms with Crippen molar-refractivity contribution in [2.24, 2.45) is 5.73 Å². The van der Waals surface area contributed by atoms with E-state index in [1.165, 1.54) is 6.92 Å². The number of aliphatic hydroxyl groups is 1. The van der Waals surface area contributed by atoms with Crippen LogP contribution in [0.4, 0.5) is 0 Å². The maximum atomic E-state index is 10.3. The number of aliphatic carboxylic acids is 1. The van der Waals surface area contributed by atoms with Gasteiger partial charge in [0, 0.05) is 6.61 Å². The van der Waals surface area contributed by atoms with E-state index in [-0.39, 0.29) is 6.61 Å². The van der Waals surface area contributed by atoms with Crippen molar-refractivity contribution in [1.82, 2.24) is 0 Å². The van der Waals surface area contributed by atoms with Crippen LogP contribution in [0.3, 0.4) is 0 Å². The van der Waals surface area contributed by atoms with E-state index in [9.17, 15) is 4.79 Å². The third-order valence-corrected chi connectivity index (χ3v) is 1.34. The summed E-state index contributed by atoms with van der Waals surface area (Å²) in [4.78, 5) is 10.3. The van der Waals surface area contributed by atoms with Gasteiger partial charge in [-0.1, -0.05) is 0 Å². The van der Waals surface area contributed by atoms with Crippen LogP contribution in [0.15, 0.2) is 0 Å². The number of aliphatic hydroxyl groups excluding tert-OH is 1. The first-order chi connectivity index (χ1) is 4.50. The monoisotopic (exact) mass is 147 g/mol. The zero-order valence-corrected chi connectivity index (χ0v) is 6.00. The van der Waals surface area contributed by atoms with Crippen LogP contribution in [-0.4, -0.2) is 28.3 Å². The minimum atomic E-state index is -1.19. The predicted molar refractivity (Wildman–Crippen MR) is 36.5 cm³/mol. The number of carbonyl (C=O) groups is 1. The minimum Gasteiger partial charge on any atom is -0.480 e. The Morgan fingerprint density at radius 3 is 2.50 bits per heavy atom. The Balaban J connectivity index is 3.75. The highest BCUT2D eigenvalue weighted by molar-refractivity contribution is 5.77. The van der Waals surface area contributed by atoms with Crippen LogP contribution in [0.1, 0.15) is 19.8 Å². The predicted octanol–water partition coefficient (Wildman–Crippen LogP) is -0.439. The number of carboxylic acid groups (broad SMARTS) is 1. The largest absolute Gasteiger partial charge is 0.480 e. The molecule has 0 amide bonds. The van der Waals surface area contributed by atoms with E-state index in [0.29, 0.717) is 12.8 Å². The Kier molecular flexibility index (Phi) is 3.32. The van der Waals surface area contributed by atoms with Gasteiger partial charge in [-0.3, -0.25) is 4.79 Å². The third kappa shape index (κ3) is 2.80. The molecule has 0 rings (SSSR count). The molecule has 0 aliphatic carbocycles. The molecule has 4 heteroatoms. The summed E-state index contributed by atoms with van der Waals surface area (Å²) < 4.78 is 0. The molecule has 4 nitrogen and oxygen atoms in total. The van der Waals surface area contributed by atoms with Crippen molar-refractivity contribution >= 4 is 5.97 Å². The maximum absolute atomic E-state index is 10.3. The second-order valence-electron chi connectivity index (χ2n) is 2.55. The Hall–Kier alpha value is -0.610. The van der Waals surface area contributed by atoms with Gasteiger partial charge in [0.2, 0.25) is 0 Å². The topological polar surface area (TPSA) is 83.5 Å². The Bertz CT molecular complexity index is 122. The van der Waals surface area contributed by atoms with Crippen LogP contribution < -0.4 is 5.73 Å². The summed E-state index contributed by atoms with van der Waals surface area (Å²) in [7, 11) is 0. The van der Waals surface area contributed by atoms with E-state index in [0.717, 1.165) is 0 Å². The van der Waals surface area contributed by atoms with Gasteiger partial charge >= 0.3 is 5.97 Å². The lowest BCUT2D eigenvalue weighted by Gasteiger charge is -2.17. The number of rotatable bonds is 4. The number of hydrogen-bond acceptors (Lipinski definition) is 3. The van der Waals surface area contributed by atoms with Gasteiger partial charge in [0.15, 0.2) is 0 Å². The van der Waals surface area contributed by atoms with E-state index in [1.54, 1.807) is 0 Å². The lowest BCUT2D eigenvalue weighted by Crippen LogP contribution is -2.44. The second-order valence-corrected chi connectivity index (χ2v) is 2.55. The third-order valence-electron chi connectivity index (χ3n) is 1.34. The average molecular weight is 147 g/mol. The standard InChI is InChI=1S/C6H13NO3/c1-6(7,5(9)10)3-2-4-8/h8H,2-4,7H2,1H3,(H,9,10)/t6-/m0/s1. The average Bonchev–Trinajstić information content (AvgIpc) is 1.84. The molecule has 0 heterocycles. The molecule has 0 fully saturated rings. The molecule has 0 spiro atoms. The number of nitrogens with two attached hydrogens (primary N) is 1. The molecule has 0 bridgehead atoms. The van der Waals surface area contributed by atoms with E-state index in [1.807, 2.05) is 0 Å². The molecule has 0 aliphatic heterocycles. The van der Waals surface area contributed by atoms with E-state index in [4.69, 9.17) is 15.9 Å². The Labute approximate surface area is 59.7 Å². The van der Waals surface area contributed by atoms with Gasteiger partial charge in [-0.2, -0.15) is 0 Å². The molecular formula is C6H13NO3. The van der Waals surface area contributed by atoms with E-state index in [2.05, 4.69) is 0 Å². The molecule has 0 unspecified atom stereocenters. The summed E-state index contributed by atoms with van der Waals surface area (Å²) in [6.45, 7) is 1.42. The van der Waals surface area contributed by atoms with Crippen molar-refractivity contribution in [3.8, 4) is 0 Å². The van der Waals surface area contributed by atoms with Crippen molar-refractivity contribution in [1.29, 1.82) is 0 Å². The summed E-state index contributed by atoms with van der Waals surface area (Å²) in [5.74, 6) is -1.03. The molecule has 0 radical (unpaired) electrons. The van der Waals surface area contributed by atoms with Gasteiger partial charge in [0.1, 0.15) is 5.54 Å². The summed E-state index contributed by atoms with van der Waals surface area (Å²) in [5.41, 5.74) is 4.14. The molecule has 0 aliphatic rings. The van der Waals surface area contributed by atoms with Crippen molar-refractivity contribution in [3.63, 3.8) is 0 Å². The van der Waals surface area contributed by atoms with Gasteiger partial charge in [0.05, 0.1) is 0 Å². The molecule has 10 heavy (non-hydrogen) atoms. The number of carboxylic acids is 1. The summed E-state index contributed by atoms with van der Waals surface area (Å²) in [5, 5.41) is 16.8.